The van der Waals surface area contributed by atoms with E-state index in [0.717, 1.165) is 49.0 Å². The summed E-state index contributed by atoms with van der Waals surface area (Å²) in [7, 11) is 0. The highest BCUT2D eigenvalue weighted by Gasteiger charge is 2.35. The molecular weight excluding hydrogens is 851 g/mol. The Morgan fingerprint density at radius 2 is 0.954 bits per heavy atom. The monoisotopic (exact) mass is 902 g/mol. The Balaban J connectivity index is 1.11. The van der Waals surface area contributed by atoms with Gasteiger partial charge in [-0.1, -0.05) is 67.4 Å². The number of carbonyl (C=O) groups is 2. The van der Waals surface area contributed by atoms with Crippen molar-refractivity contribution in [3.8, 4) is 11.5 Å². The van der Waals surface area contributed by atoms with E-state index in [0.29, 0.717) is 48.1 Å². The zero-order valence-corrected chi connectivity index (χ0v) is 35.7. The molecule has 0 bridgehead atoms. The Morgan fingerprint density at radius 1 is 0.538 bits per heavy atom. The highest BCUT2D eigenvalue weighted by Crippen LogP contribution is 2.34. The minimum absolute atomic E-state index is 0.0951. The van der Waals surface area contributed by atoms with Crippen LogP contribution in [0.5, 0.6) is 11.5 Å². The maximum absolute atomic E-state index is 14.9. The van der Waals surface area contributed by atoms with Gasteiger partial charge in [0.05, 0.1) is 30.4 Å². The van der Waals surface area contributed by atoms with Crippen LogP contribution in [0.4, 0.5) is 37.7 Å². The molecular formula is C51H52F6N2O6. The number of alkyl halides is 6. The molecule has 8 nitrogen and oxygen atoms in total. The van der Waals surface area contributed by atoms with Gasteiger partial charge < -0.3 is 30.4 Å². The van der Waals surface area contributed by atoms with Gasteiger partial charge in [-0.15, -0.1) is 0 Å². The molecule has 344 valence electrons. The number of rotatable bonds is 25. The summed E-state index contributed by atoms with van der Waals surface area (Å²) >= 11 is 0. The van der Waals surface area contributed by atoms with Gasteiger partial charge in [0.25, 0.3) is 0 Å². The Hall–Kier alpha value is -6.70. The summed E-state index contributed by atoms with van der Waals surface area (Å²) in [4.78, 5) is 25.5. The lowest BCUT2D eigenvalue weighted by molar-refractivity contribution is -0.186. The van der Waals surface area contributed by atoms with Gasteiger partial charge in [-0.05, 0) is 139 Å². The first-order valence-corrected chi connectivity index (χ1v) is 21.2. The van der Waals surface area contributed by atoms with Crippen LogP contribution in [0.25, 0.3) is 12.2 Å². The van der Waals surface area contributed by atoms with Crippen molar-refractivity contribution in [2.24, 2.45) is 0 Å². The van der Waals surface area contributed by atoms with E-state index < -0.39 is 30.1 Å². The van der Waals surface area contributed by atoms with Crippen molar-refractivity contribution in [2.75, 3.05) is 38.0 Å². The van der Waals surface area contributed by atoms with Crippen molar-refractivity contribution in [1.29, 1.82) is 0 Å². The molecule has 4 N–H and O–H groups in total. The number of ether oxygens (including phenoxy) is 4. The molecule has 0 amide bonds. The van der Waals surface area contributed by atoms with Gasteiger partial charge in [0.1, 0.15) is 24.7 Å². The molecule has 5 rings (SSSR count). The van der Waals surface area contributed by atoms with Crippen molar-refractivity contribution >= 4 is 35.5 Å². The van der Waals surface area contributed by atoms with Crippen molar-refractivity contribution in [1.82, 2.24) is 0 Å². The Bertz CT molecular complexity index is 2180. The van der Waals surface area contributed by atoms with Crippen molar-refractivity contribution in [3.63, 3.8) is 0 Å². The summed E-state index contributed by atoms with van der Waals surface area (Å²) in [5.41, 5.74) is 15.4. The highest BCUT2D eigenvalue weighted by molar-refractivity contribution is 5.87. The predicted molar refractivity (Wildman–Crippen MR) is 240 cm³/mol. The first-order valence-electron chi connectivity index (χ1n) is 21.2. The van der Waals surface area contributed by atoms with E-state index in [1.165, 1.54) is 91.0 Å². The molecule has 0 fully saturated rings. The SMILES string of the molecule is Nc1ccc(C(COC(=O)C=Cc2ccc(OC(F)(F)c3ccc(CCCCCF)cc3)cc2)COC(=O)C=Cc2ccc(OC(F)(F)c3ccc(CCCCCF)cc3)cc2)c(N)c1. The average Bonchev–Trinajstić information content (AvgIpc) is 3.29. The smallest absolute Gasteiger partial charge is 0.426 e. The number of carbonyl (C=O) groups excluding carboxylic acids is 2. The number of unbranched alkanes of at least 4 members (excludes halogenated alkanes) is 4. The molecule has 5 aromatic carbocycles. The number of aryl methyl sites for hydroxylation is 2. The zero-order valence-electron chi connectivity index (χ0n) is 35.7. The lowest BCUT2D eigenvalue weighted by Gasteiger charge is -2.19. The van der Waals surface area contributed by atoms with Crippen LogP contribution in [-0.2, 0) is 44.1 Å². The molecule has 0 spiro atoms. The summed E-state index contributed by atoms with van der Waals surface area (Å²) in [6.07, 6.45) is 3.22. The molecule has 0 radical (unpaired) electrons. The second-order valence-corrected chi connectivity index (χ2v) is 15.3. The van der Waals surface area contributed by atoms with Crippen molar-refractivity contribution in [3.05, 3.63) is 166 Å². The van der Waals surface area contributed by atoms with Crippen LogP contribution in [0.3, 0.4) is 0 Å². The minimum atomic E-state index is -3.61. The lowest BCUT2D eigenvalue weighted by atomic mass is 9.98. The van der Waals surface area contributed by atoms with E-state index in [1.54, 1.807) is 36.4 Å². The van der Waals surface area contributed by atoms with Crippen LogP contribution in [-0.4, -0.2) is 38.5 Å². The van der Waals surface area contributed by atoms with Gasteiger partial charge in [0, 0.05) is 23.5 Å². The fraction of sp³-hybridized carbons (Fsp3) is 0.294. The number of halogens is 6. The van der Waals surface area contributed by atoms with Gasteiger partial charge in [-0.25, -0.2) is 9.59 Å². The van der Waals surface area contributed by atoms with Gasteiger partial charge >= 0.3 is 24.2 Å². The fourth-order valence-corrected chi connectivity index (χ4v) is 6.62. The molecule has 65 heavy (non-hydrogen) atoms. The van der Waals surface area contributed by atoms with Crippen LogP contribution in [0, 0.1) is 0 Å². The molecule has 0 aliphatic rings. The van der Waals surface area contributed by atoms with E-state index in [4.69, 9.17) is 30.4 Å². The summed E-state index contributed by atoms with van der Waals surface area (Å²) in [6.45, 7) is -1.23. The third kappa shape index (κ3) is 16.1. The Morgan fingerprint density at radius 3 is 1.34 bits per heavy atom. The minimum Gasteiger partial charge on any atom is -0.462 e. The maximum atomic E-state index is 14.9. The first-order chi connectivity index (χ1) is 31.2. The molecule has 0 saturated heterocycles. The molecule has 14 heteroatoms. The number of anilines is 2. The average molecular weight is 903 g/mol. The molecule has 5 aromatic rings. The molecule has 0 aliphatic heterocycles. The maximum Gasteiger partial charge on any atom is 0.426 e. The van der Waals surface area contributed by atoms with Crippen molar-refractivity contribution in [2.45, 2.75) is 69.5 Å². The quantitative estimate of drug-likeness (QED) is 0.0195. The van der Waals surface area contributed by atoms with E-state index in [-0.39, 0.29) is 54.9 Å². The summed E-state index contributed by atoms with van der Waals surface area (Å²) in [6, 6.07) is 27.7. The second kappa shape index (κ2) is 24.4. The summed E-state index contributed by atoms with van der Waals surface area (Å²) < 4.78 is 105. The molecule has 0 atom stereocenters. The van der Waals surface area contributed by atoms with Gasteiger partial charge in [-0.2, -0.15) is 17.6 Å². The topological polar surface area (TPSA) is 123 Å². The van der Waals surface area contributed by atoms with Crippen molar-refractivity contribution < 1.29 is 54.9 Å². The molecule has 0 aliphatic carbocycles. The van der Waals surface area contributed by atoms with Gasteiger partial charge in [0.15, 0.2) is 0 Å². The van der Waals surface area contributed by atoms with Crippen LogP contribution < -0.4 is 20.9 Å². The fourth-order valence-electron chi connectivity index (χ4n) is 6.62. The Kier molecular flexibility index (Phi) is 18.5. The van der Waals surface area contributed by atoms with Crippen LogP contribution in [0.2, 0.25) is 0 Å². The second-order valence-electron chi connectivity index (χ2n) is 15.3. The first kappa shape index (κ1) is 49.3. The van der Waals surface area contributed by atoms with Gasteiger partial charge in [0.2, 0.25) is 0 Å². The Labute approximate surface area is 374 Å². The number of esters is 2. The number of nitrogens with two attached hydrogens (primary N) is 2. The number of benzene rings is 5. The number of hydrogen-bond acceptors (Lipinski definition) is 8. The van der Waals surface area contributed by atoms with E-state index >= 15 is 0 Å². The van der Waals surface area contributed by atoms with E-state index in [1.807, 2.05) is 0 Å². The van der Waals surface area contributed by atoms with Gasteiger partial charge in [-0.3, -0.25) is 8.78 Å². The highest BCUT2D eigenvalue weighted by atomic mass is 19.3. The van der Waals surface area contributed by atoms with Crippen LogP contribution in [0.15, 0.2) is 127 Å². The van der Waals surface area contributed by atoms with Crippen LogP contribution >= 0.6 is 0 Å². The molecule has 0 heterocycles. The summed E-state index contributed by atoms with van der Waals surface area (Å²) in [5.74, 6) is -2.37. The molecule has 0 saturated carbocycles. The van der Waals surface area contributed by atoms with E-state index in [2.05, 4.69) is 0 Å². The normalized spacial score (nSPS) is 12.3. The third-order valence-corrected chi connectivity index (χ3v) is 10.3. The third-order valence-electron chi connectivity index (χ3n) is 10.3. The summed E-state index contributed by atoms with van der Waals surface area (Å²) in [5, 5.41) is 0. The number of nitrogen functional groups attached to an aromatic ring is 2. The molecule has 0 aromatic heterocycles. The van der Waals surface area contributed by atoms with Crippen LogP contribution in [0.1, 0.15) is 83.4 Å². The standard InChI is InChI=1S/C51H52F6N2O6/c52-31-5-1-3-7-36-9-19-41(20-10-36)50(54,55)64-44-24-13-38(14-25-44)17-29-48(60)62-34-40(46-28-23-43(58)33-47(46)59)35-63-49(61)30-18-39-15-26-45(27-16-39)65-51(56,57)42-21-11-37(12-22-42)8-4-2-6-32-53/h9-30,33,40H,1-8,31-32,34-35,58-59H2. The predicted octanol–water partition coefficient (Wildman–Crippen LogP) is 12.1. The van der Waals surface area contributed by atoms with E-state index in [9.17, 15) is 35.9 Å². The largest absolute Gasteiger partial charge is 0.462 e. The molecule has 0 unspecified atom stereocenters. The number of hydrogen-bond donors (Lipinski definition) is 2. The zero-order chi connectivity index (χ0) is 46.7. The lowest BCUT2D eigenvalue weighted by Crippen LogP contribution is -2.21.